The van der Waals surface area contributed by atoms with Gasteiger partial charge in [-0.05, 0) is 0 Å². The molecule has 0 aromatic heterocycles. The molecule has 106 valence electrons. The highest BCUT2D eigenvalue weighted by Crippen LogP contribution is 2.29. The highest BCUT2D eigenvalue weighted by atomic mass is 16.4. The van der Waals surface area contributed by atoms with Crippen molar-refractivity contribution in [2.75, 3.05) is 33.9 Å². The molecule has 0 saturated carbocycles. The van der Waals surface area contributed by atoms with Crippen molar-refractivity contribution >= 4 is 11.9 Å². The Morgan fingerprint density at radius 3 is 2.00 bits per heavy atom. The number of aliphatic hydroxyl groups excluding tert-OH is 2. The van der Waals surface area contributed by atoms with Gasteiger partial charge in [-0.1, -0.05) is 0 Å². The zero-order valence-electron chi connectivity index (χ0n) is 10.8. The minimum absolute atomic E-state index is 0.0937. The zero-order chi connectivity index (χ0) is 14.4. The summed E-state index contributed by atoms with van der Waals surface area (Å²) >= 11 is 0. The topological polar surface area (TPSA) is 115 Å². The zero-order valence-corrected chi connectivity index (χ0v) is 10.8. The van der Waals surface area contributed by atoms with Crippen LogP contribution in [0.15, 0.2) is 0 Å². The fourth-order valence-corrected chi connectivity index (χ4v) is 2.16. The summed E-state index contributed by atoms with van der Waals surface area (Å²) in [4.78, 5) is 22.4. The van der Waals surface area contributed by atoms with Gasteiger partial charge in [-0.3, -0.25) is 4.79 Å². The van der Waals surface area contributed by atoms with Gasteiger partial charge in [0.2, 0.25) is 5.54 Å². The van der Waals surface area contributed by atoms with Crippen molar-refractivity contribution in [3.8, 4) is 0 Å². The molecule has 1 unspecified atom stereocenters. The lowest BCUT2D eigenvalue weighted by molar-refractivity contribution is -0.932. The van der Waals surface area contributed by atoms with E-state index >= 15 is 0 Å². The van der Waals surface area contributed by atoms with Crippen LogP contribution in [0, 0.1) is 0 Å². The maximum absolute atomic E-state index is 11.5. The third-order valence-corrected chi connectivity index (χ3v) is 3.40. The molecule has 7 heteroatoms. The molecule has 7 nitrogen and oxygen atoms in total. The smallest absolute Gasteiger partial charge is 0.366 e. The number of carbonyl (C=O) groups is 2. The summed E-state index contributed by atoms with van der Waals surface area (Å²) in [5, 5.41) is 36.2. The quantitative estimate of drug-likeness (QED) is 0.402. The van der Waals surface area contributed by atoms with Crippen molar-refractivity contribution in [3.63, 3.8) is 0 Å². The van der Waals surface area contributed by atoms with Crippen LogP contribution in [0.1, 0.15) is 19.3 Å². The van der Waals surface area contributed by atoms with E-state index in [1.807, 2.05) is 0 Å². The molecule has 0 amide bonds. The number of likely N-dealkylation sites (N-methyl/N-ethyl adjacent to an activating group) is 1. The lowest BCUT2D eigenvalue weighted by atomic mass is 9.87. The largest absolute Gasteiger partial charge is 0.481 e. The van der Waals surface area contributed by atoms with Crippen LogP contribution >= 0.6 is 0 Å². The molecule has 4 N–H and O–H groups in total. The van der Waals surface area contributed by atoms with Gasteiger partial charge in [0, 0.05) is 26.1 Å². The number of aliphatic carboxylic acids is 2. The Balaban J connectivity index is 5.37. The third kappa shape index (κ3) is 3.66. The summed E-state index contributed by atoms with van der Waals surface area (Å²) in [5.41, 5.74) is -1.59. The number of hydrogen-bond acceptors (Lipinski definition) is 4. The molecule has 0 aromatic carbocycles. The van der Waals surface area contributed by atoms with Crippen molar-refractivity contribution in [1.82, 2.24) is 0 Å². The summed E-state index contributed by atoms with van der Waals surface area (Å²) in [6.45, 7) is -0.181. The van der Waals surface area contributed by atoms with Crippen LogP contribution in [-0.2, 0) is 9.59 Å². The fourth-order valence-electron chi connectivity index (χ4n) is 2.16. The number of carboxylic acid groups (broad SMARTS) is 2. The standard InChI is InChI=1S/C11H21NO6/c1-12(2,5-3-6-13)11(4-7-14,10(17)18)8-9(15)16/h13-14H,3-8H2,1-2H3,(H-,15,16,17,18)/p+1. The Morgan fingerprint density at radius 2 is 1.67 bits per heavy atom. The van der Waals surface area contributed by atoms with Crippen LogP contribution < -0.4 is 0 Å². The number of hydrogen-bond donors (Lipinski definition) is 4. The van der Waals surface area contributed by atoms with E-state index in [9.17, 15) is 14.7 Å². The molecule has 0 radical (unpaired) electrons. The number of rotatable bonds is 9. The lowest BCUT2D eigenvalue weighted by Gasteiger charge is -2.45. The summed E-state index contributed by atoms with van der Waals surface area (Å²) in [7, 11) is 3.20. The summed E-state index contributed by atoms with van der Waals surface area (Å²) in [5.74, 6) is -2.47. The summed E-state index contributed by atoms with van der Waals surface area (Å²) < 4.78 is -0.101. The van der Waals surface area contributed by atoms with Crippen LogP contribution in [0.3, 0.4) is 0 Å². The van der Waals surface area contributed by atoms with Gasteiger partial charge in [0.25, 0.3) is 0 Å². The van der Waals surface area contributed by atoms with E-state index in [-0.39, 0.29) is 17.5 Å². The third-order valence-electron chi connectivity index (χ3n) is 3.40. The van der Waals surface area contributed by atoms with Crippen LogP contribution in [0.5, 0.6) is 0 Å². The Labute approximate surface area is 106 Å². The molecule has 0 rings (SSSR count). The van der Waals surface area contributed by atoms with E-state index in [1.54, 1.807) is 14.1 Å². The fraction of sp³-hybridized carbons (Fsp3) is 0.818. The minimum Gasteiger partial charge on any atom is -0.481 e. The molecule has 0 bridgehead atoms. The second kappa shape index (κ2) is 6.67. The highest BCUT2D eigenvalue weighted by Gasteiger charge is 2.53. The predicted octanol–water partition coefficient (Wildman–Crippen LogP) is -0.874. The van der Waals surface area contributed by atoms with Crippen LogP contribution in [-0.4, -0.2) is 76.2 Å². The number of aliphatic hydroxyl groups is 2. The van der Waals surface area contributed by atoms with Gasteiger partial charge in [-0.25, -0.2) is 4.79 Å². The van der Waals surface area contributed by atoms with Crippen molar-refractivity contribution in [2.24, 2.45) is 0 Å². The van der Waals surface area contributed by atoms with Crippen LogP contribution in [0.2, 0.25) is 0 Å². The van der Waals surface area contributed by atoms with Gasteiger partial charge >= 0.3 is 11.9 Å². The molecular formula is C11H22NO6+. The Morgan fingerprint density at radius 1 is 1.11 bits per heavy atom. The first-order chi connectivity index (χ1) is 8.23. The van der Waals surface area contributed by atoms with Crippen molar-refractivity contribution in [2.45, 2.75) is 24.8 Å². The monoisotopic (exact) mass is 264 g/mol. The summed E-state index contributed by atoms with van der Waals surface area (Å²) in [6.07, 6.45) is -0.346. The first-order valence-corrected chi connectivity index (χ1v) is 5.73. The van der Waals surface area contributed by atoms with Crippen LogP contribution in [0.25, 0.3) is 0 Å². The normalized spacial score (nSPS) is 15.1. The van der Waals surface area contributed by atoms with Gasteiger partial charge < -0.3 is 24.9 Å². The molecule has 0 aliphatic rings. The molecule has 0 spiro atoms. The van der Waals surface area contributed by atoms with Gasteiger partial charge in [-0.15, -0.1) is 0 Å². The first-order valence-electron chi connectivity index (χ1n) is 5.73. The molecule has 0 aliphatic heterocycles. The predicted molar refractivity (Wildman–Crippen MR) is 63.0 cm³/mol. The molecule has 0 fully saturated rings. The number of carboxylic acids is 2. The van der Waals surface area contributed by atoms with Crippen molar-refractivity contribution < 1.29 is 34.5 Å². The molecule has 0 heterocycles. The SMILES string of the molecule is C[N+](C)(CCCO)C(CCO)(CC(=O)O)C(=O)O. The van der Waals surface area contributed by atoms with E-state index in [1.165, 1.54) is 0 Å². The Hall–Kier alpha value is -1.18. The van der Waals surface area contributed by atoms with E-state index in [0.29, 0.717) is 13.0 Å². The molecule has 18 heavy (non-hydrogen) atoms. The van der Waals surface area contributed by atoms with Gasteiger partial charge in [0.05, 0.1) is 20.6 Å². The van der Waals surface area contributed by atoms with E-state index in [4.69, 9.17) is 15.3 Å². The summed E-state index contributed by atoms with van der Waals surface area (Å²) in [6, 6.07) is 0. The van der Waals surface area contributed by atoms with Crippen molar-refractivity contribution in [1.29, 1.82) is 0 Å². The average Bonchev–Trinajstić information content (AvgIpc) is 2.24. The maximum atomic E-state index is 11.5. The molecule has 0 saturated heterocycles. The Kier molecular flexibility index (Phi) is 6.23. The highest BCUT2D eigenvalue weighted by molar-refractivity contribution is 5.83. The average molecular weight is 264 g/mol. The Bertz CT molecular complexity index is 304. The lowest BCUT2D eigenvalue weighted by Crippen LogP contribution is -2.65. The molecule has 0 aromatic rings. The van der Waals surface area contributed by atoms with E-state index in [0.717, 1.165) is 0 Å². The number of quaternary nitrogens is 1. The second-order valence-electron chi connectivity index (χ2n) is 4.87. The van der Waals surface area contributed by atoms with Gasteiger partial charge in [0.15, 0.2) is 0 Å². The first kappa shape index (κ1) is 16.8. The number of nitrogens with zero attached hydrogens (tertiary/aromatic N) is 1. The molecular weight excluding hydrogens is 242 g/mol. The maximum Gasteiger partial charge on any atom is 0.366 e. The van der Waals surface area contributed by atoms with E-state index < -0.39 is 30.5 Å². The minimum atomic E-state index is -1.59. The van der Waals surface area contributed by atoms with Gasteiger partial charge in [-0.2, -0.15) is 0 Å². The molecule has 0 aliphatic carbocycles. The van der Waals surface area contributed by atoms with Gasteiger partial charge in [0.1, 0.15) is 6.42 Å². The van der Waals surface area contributed by atoms with E-state index in [2.05, 4.69) is 0 Å². The second-order valence-corrected chi connectivity index (χ2v) is 4.87. The molecule has 1 atom stereocenters. The van der Waals surface area contributed by atoms with Crippen molar-refractivity contribution in [3.05, 3.63) is 0 Å². The van der Waals surface area contributed by atoms with Crippen LogP contribution in [0.4, 0.5) is 0 Å².